The van der Waals surface area contributed by atoms with E-state index in [0.717, 1.165) is 160 Å². The fourth-order valence-corrected chi connectivity index (χ4v) is 21.6. The van der Waals surface area contributed by atoms with E-state index in [0.29, 0.717) is 10.0 Å². The highest BCUT2D eigenvalue weighted by atomic mass is 79.9. The van der Waals surface area contributed by atoms with Crippen molar-refractivity contribution in [2.24, 2.45) is 0 Å². The first kappa shape index (κ1) is 76.8. The number of halogens is 14. The number of benzene rings is 15. The Morgan fingerprint density at radius 1 is 0.211 bits per heavy atom. The second kappa shape index (κ2) is 33.1. The van der Waals surface area contributed by atoms with Gasteiger partial charge in [0, 0.05) is 167 Å². The summed E-state index contributed by atoms with van der Waals surface area (Å²) in [5.74, 6) is 0. The van der Waals surface area contributed by atoms with Gasteiger partial charge in [-0.15, -0.1) is 34.0 Å². The molecule has 15 aromatic carbocycles. The Hall–Kier alpha value is -6.19. The van der Waals surface area contributed by atoms with Crippen LogP contribution in [0.25, 0.3) is 159 Å². The van der Waals surface area contributed by atoms with Crippen LogP contribution >= 0.6 is 227 Å². The average molecular weight is 2070 g/mol. The molecule has 0 unspecified atom stereocenters. The van der Waals surface area contributed by atoms with Crippen molar-refractivity contribution in [2.75, 3.05) is 0 Å². The third-order valence-corrected chi connectivity index (χ3v) is 28.1. The SMILES string of the molecule is Clc1cc2c3cc(Br)ccc3oc2c2ccccc12.Clc1ccc2c(c1)oc1ccc(Br)cc12.Clc1ccc2c(c1)sc1c(Br)cccc12.Clc1cccc2c1oc1ccc(Br)cc12.Clc1cccc2c1sc1c(Br)cccc12.Clc1cccc2oc3ccc(Br)cc3c12.Clc1cccc2sc3cccc(Br)c3c12. The second-order valence-electron chi connectivity index (χ2n) is 24.6. The first-order chi connectivity index (χ1) is 52.8. The first-order valence-electron chi connectivity index (χ1n) is 33.0. The number of furan rings is 4. The van der Waals surface area contributed by atoms with Crippen molar-refractivity contribution in [1.29, 1.82) is 0 Å². The maximum absolute atomic E-state index is 6.38. The molecule has 0 aliphatic carbocycles. The molecular weight excluding hydrogens is 2020 g/mol. The van der Waals surface area contributed by atoms with E-state index < -0.39 is 0 Å². The Morgan fingerprint density at radius 2 is 0.651 bits per heavy atom. The van der Waals surface area contributed by atoms with Crippen LogP contribution < -0.4 is 0 Å². The van der Waals surface area contributed by atoms with Gasteiger partial charge < -0.3 is 17.7 Å². The van der Waals surface area contributed by atoms with Gasteiger partial charge in [-0.25, -0.2) is 0 Å². The molecule has 0 spiro atoms. The van der Waals surface area contributed by atoms with Crippen LogP contribution in [-0.4, -0.2) is 0 Å². The van der Waals surface area contributed by atoms with E-state index in [1.807, 2.05) is 182 Å². The van der Waals surface area contributed by atoms with Gasteiger partial charge in [0.2, 0.25) is 0 Å². The topological polar surface area (TPSA) is 52.6 Å². The lowest BCUT2D eigenvalue weighted by molar-refractivity contribution is 0.668. The van der Waals surface area contributed by atoms with Gasteiger partial charge in [-0.3, -0.25) is 0 Å². The molecule has 0 aliphatic rings. The molecule has 7 heterocycles. The molecule has 21 heteroatoms. The van der Waals surface area contributed by atoms with Crippen LogP contribution in [0.2, 0.25) is 35.2 Å². The molecule has 0 radical (unpaired) electrons. The fourth-order valence-electron chi connectivity index (χ4n) is 13.0. The van der Waals surface area contributed by atoms with Crippen LogP contribution in [-0.2, 0) is 0 Å². The van der Waals surface area contributed by atoms with Gasteiger partial charge in [-0.2, -0.15) is 0 Å². The molecule has 0 amide bonds. The van der Waals surface area contributed by atoms with Gasteiger partial charge in [0.05, 0.1) is 19.8 Å². The van der Waals surface area contributed by atoms with Crippen LogP contribution in [0.1, 0.15) is 0 Å². The van der Waals surface area contributed by atoms with Crippen LogP contribution in [0.5, 0.6) is 0 Å². The Labute approximate surface area is 727 Å². The summed E-state index contributed by atoms with van der Waals surface area (Å²) < 4.78 is 38.1. The fraction of sp³-hybridized carbons (Fsp3) is 0. The zero-order valence-corrected chi connectivity index (χ0v) is 74.4. The number of para-hydroxylation sites is 1. The molecule has 0 saturated carbocycles. The van der Waals surface area contributed by atoms with Crippen molar-refractivity contribution in [3.8, 4) is 0 Å². The lowest BCUT2D eigenvalue weighted by Gasteiger charge is -2.00. The summed E-state index contributed by atoms with van der Waals surface area (Å²) in [7, 11) is 0. The average Bonchev–Trinajstić information content (AvgIpc) is 1.61. The summed E-state index contributed by atoms with van der Waals surface area (Å²) in [5.41, 5.74) is 6.80. The van der Waals surface area contributed by atoms with E-state index in [-0.39, 0.29) is 0 Å². The Balaban J connectivity index is 0.0000000970. The van der Waals surface area contributed by atoms with Crippen molar-refractivity contribution < 1.29 is 17.7 Å². The van der Waals surface area contributed by atoms with Crippen molar-refractivity contribution in [1.82, 2.24) is 0 Å². The quantitative estimate of drug-likeness (QED) is 0.152. The molecule has 0 aliphatic heterocycles. The number of hydrogen-bond acceptors (Lipinski definition) is 7. The molecule has 109 heavy (non-hydrogen) atoms. The zero-order chi connectivity index (χ0) is 75.5. The van der Waals surface area contributed by atoms with E-state index >= 15 is 0 Å². The summed E-state index contributed by atoms with van der Waals surface area (Å²) in [4.78, 5) is 0. The maximum atomic E-state index is 6.38. The number of rotatable bonds is 0. The highest BCUT2D eigenvalue weighted by Gasteiger charge is 2.17. The third kappa shape index (κ3) is 15.9. The maximum Gasteiger partial charge on any atom is 0.153 e. The van der Waals surface area contributed by atoms with Crippen LogP contribution in [0.4, 0.5) is 0 Å². The van der Waals surface area contributed by atoms with Crippen LogP contribution in [0.3, 0.4) is 0 Å². The summed E-state index contributed by atoms with van der Waals surface area (Å²) in [6, 6.07) is 87.9. The molecule has 0 fully saturated rings. The smallest absolute Gasteiger partial charge is 0.153 e. The Morgan fingerprint density at radius 3 is 1.32 bits per heavy atom. The summed E-state index contributed by atoms with van der Waals surface area (Å²) >= 11 is 72.7. The third-order valence-electron chi connectivity index (χ3n) is 17.9. The molecular formula is C88H44Br7Cl7O4S3. The molecule has 0 bridgehead atoms. The van der Waals surface area contributed by atoms with E-state index in [1.165, 1.54) is 55.1 Å². The van der Waals surface area contributed by atoms with E-state index in [4.69, 9.17) is 98.9 Å². The minimum Gasteiger partial charge on any atom is -0.456 e. The molecule has 7 aromatic heterocycles. The minimum absolute atomic E-state index is 0.653. The van der Waals surface area contributed by atoms with Crippen molar-refractivity contribution in [3.05, 3.63) is 333 Å². The molecule has 0 N–H and O–H groups in total. The van der Waals surface area contributed by atoms with Crippen molar-refractivity contribution in [2.45, 2.75) is 0 Å². The van der Waals surface area contributed by atoms with E-state index in [2.05, 4.69) is 196 Å². The molecule has 4 nitrogen and oxygen atoms in total. The molecule has 22 aromatic rings. The monoisotopic (exact) mass is 2060 g/mol. The predicted octanol–water partition coefficient (Wildman–Crippen LogP) is 37.6. The van der Waals surface area contributed by atoms with Crippen LogP contribution in [0, 0.1) is 0 Å². The predicted molar refractivity (Wildman–Crippen MR) is 499 cm³/mol. The van der Waals surface area contributed by atoms with E-state index in [9.17, 15) is 0 Å². The zero-order valence-electron chi connectivity index (χ0n) is 55.6. The minimum atomic E-state index is 0.653. The molecule has 0 atom stereocenters. The van der Waals surface area contributed by atoms with Gasteiger partial charge in [-0.05, 0) is 196 Å². The van der Waals surface area contributed by atoms with Crippen molar-refractivity contribution in [3.63, 3.8) is 0 Å². The van der Waals surface area contributed by atoms with Gasteiger partial charge in [-0.1, -0.05) is 258 Å². The lowest BCUT2D eigenvalue weighted by Crippen LogP contribution is -1.75. The molecule has 536 valence electrons. The lowest BCUT2D eigenvalue weighted by atomic mass is 10.1. The normalized spacial score (nSPS) is 11.4. The molecule has 22 rings (SSSR count). The summed E-state index contributed by atoms with van der Waals surface area (Å²) in [5, 5.41) is 23.3. The van der Waals surface area contributed by atoms with Gasteiger partial charge in [0.1, 0.15) is 39.1 Å². The highest BCUT2D eigenvalue weighted by Crippen LogP contribution is 2.46. The second-order valence-corrected chi connectivity index (χ2v) is 36.9. The van der Waals surface area contributed by atoms with Crippen molar-refractivity contribution >= 4 is 386 Å². The summed E-state index contributed by atoms with van der Waals surface area (Å²) in [6.07, 6.45) is 0. The molecule has 0 saturated heterocycles. The van der Waals surface area contributed by atoms with E-state index in [1.54, 1.807) is 34.0 Å². The highest BCUT2D eigenvalue weighted by molar-refractivity contribution is 9.11. The standard InChI is InChI=1S/C16H8BrClO.3C12H6BrClO.3C12H6BrClS/c17-9-5-6-15-12(7-9)13-8-14(18)10-3-1-2-4-11(10)16(13)19-15;13-7-1-4-11-10(5-7)9-3-2-8(14)6-12(9)15-11;13-7-4-5-10-8(6-7)12-9(14)2-1-3-11(12)15-10;13-7-4-5-11-9(6-7)8-2-1-3-10(14)12(8)15-11;13-7-3-1-5-9-11(7)12-8(14)4-2-6-10(12)15-9;13-9-5-1-3-7-8-4-2-6-10(14)12(8)15-11(7)9;13-10-3-1-2-9-8-5-4-7(14)6-11(8)15-12(9)10/h1-8H;6*1-6H. The number of thiophene rings is 3. The Bertz CT molecular complexity index is 7150. The van der Waals surface area contributed by atoms with Gasteiger partial charge in [0.15, 0.2) is 5.58 Å². The van der Waals surface area contributed by atoms with Gasteiger partial charge >= 0.3 is 0 Å². The number of hydrogen-bond donors (Lipinski definition) is 0. The number of fused-ring (bicyclic) bond motifs is 23. The largest absolute Gasteiger partial charge is 0.456 e. The van der Waals surface area contributed by atoms with Gasteiger partial charge in [0.25, 0.3) is 0 Å². The Kier molecular flexibility index (Phi) is 23.3. The summed E-state index contributed by atoms with van der Waals surface area (Å²) in [6.45, 7) is 0. The first-order valence-corrected chi connectivity index (χ1v) is 43.7. The van der Waals surface area contributed by atoms with Crippen LogP contribution in [0.15, 0.2) is 316 Å².